The Balaban J connectivity index is 0.00000192. The Morgan fingerprint density at radius 1 is 0.957 bits per heavy atom. The zero-order valence-corrected chi connectivity index (χ0v) is 14.2. The number of halogens is 1. The number of aromatic nitrogens is 1. The van der Waals surface area contributed by atoms with Crippen molar-refractivity contribution in [2.75, 3.05) is 5.32 Å². The van der Waals surface area contributed by atoms with Gasteiger partial charge in [-0.1, -0.05) is 36.4 Å². The second-order valence-corrected chi connectivity index (χ2v) is 5.48. The molecule has 0 fully saturated rings. The van der Waals surface area contributed by atoms with Gasteiger partial charge in [-0.05, 0) is 44.0 Å². The van der Waals surface area contributed by atoms with Gasteiger partial charge in [0.2, 0.25) is 0 Å². The summed E-state index contributed by atoms with van der Waals surface area (Å²) in [6, 6.07) is 15.7. The van der Waals surface area contributed by atoms with Crippen LogP contribution < -0.4 is 5.32 Å². The van der Waals surface area contributed by atoms with E-state index in [-0.39, 0.29) is 18.3 Å². The van der Waals surface area contributed by atoms with Gasteiger partial charge in [-0.3, -0.25) is 9.78 Å². The van der Waals surface area contributed by atoms with E-state index in [0.29, 0.717) is 5.56 Å². The molecule has 1 amide bonds. The number of benzene rings is 2. The number of para-hydroxylation sites is 2. The van der Waals surface area contributed by atoms with Gasteiger partial charge in [0.1, 0.15) is 0 Å². The highest BCUT2D eigenvalue weighted by Gasteiger charge is 2.16. The lowest BCUT2D eigenvalue weighted by atomic mass is 10.0. The van der Waals surface area contributed by atoms with Crippen LogP contribution in [0.2, 0.25) is 0 Å². The van der Waals surface area contributed by atoms with Crippen LogP contribution in [0.4, 0.5) is 5.69 Å². The largest absolute Gasteiger partial charge is 0.322 e. The number of carbonyl (C=O) groups is 1. The Hall–Kier alpha value is -2.39. The van der Waals surface area contributed by atoms with E-state index in [1.807, 2.05) is 69.3 Å². The summed E-state index contributed by atoms with van der Waals surface area (Å²) in [4.78, 5) is 17.3. The summed E-state index contributed by atoms with van der Waals surface area (Å²) >= 11 is 0. The van der Waals surface area contributed by atoms with Crippen molar-refractivity contribution in [1.82, 2.24) is 4.98 Å². The minimum absolute atomic E-state index is 0. The van der Waals surface area contributed by atoms with E-state index in [0.717, 1.165) is 33.4 Å². The van der Waals surface area contributed by atoms with E-state index in [4.69, 9.17) is 0 Å². The van der Waals surface area contributed by atoms with Gasteiger partial charge >= 0.3 is 0 Å². The van der Waals surface area contributed by atoms with Crippen LogP contribution in [-0.4, -0.2) is 10.9 Å². The van der Waals surface area contributed by atoms with Crippen LogP contribution in [-0.2, 0) is 0 Å². The molecule has 2 aromatic carbocycles. The van der Waals surface area contributed by atoms with Crippen molar-refractivity contribution >= 4 is 34.9 Å². The molecule has 3 nitrogen and oxygen atoms in total. The van der Waals surface area contributed by atoms with Crippen LogP contribution in [0.15, 0.2) is 48.5 Å². The maximum Gasteiger partial charge on any atom is 0.257 e. The van der Waals surface area contributed by atoms with Gasteiger partial charge in [-0.15, -0.1) is 12.4 Å². The average molecular weight is 327 g/mol. The van der Waals surface area contributed by atoms with Gasteiger partial charge < -0.3 is 5.32 Å². The highest BCUT2D eigenvalue weighted by molar-refractivity contribution is 6.08. The summed E-state index contributed by atoms with van der Waals surface area (Å²) in [5.74, 6) is -0.109. The van der Waals surface area contributed by atoms with Crippen molar-refractivity contribution in [2.45, 2.75) is 20.8 Å². The molecule has 1 aromatic heterocycles. The molecule has 3 rings (SSSR count). The number of carbonyl (C=O) groups excluding carboxylic acids is 1. The summed E-state index contributed by atoms with van der Waals surface area (Å²) in [7, 11) is 0. The maximum absolute atomic E-state index is 12.7. The molecule has 0 aliphatic carbocycles. The van der Waals surface area contributed by atoms with Gasteiger partial charge in [-0.25, -0.2) is 0 Å². The number of rotatable bonds is 2. The number of hydrogen-bond acceptors (Lipinski definition) is 2. The highest BCUT2D eigenvalue weighted by Crippen LogP contribution is 2.24. The first kappa shape index (κ1) is 17.0. The van der Waals surface area contributed by atoms with E-state index in [2.05, 4.69) is 10.3 Å². The van der Waals surface area contributed by atoms with Gasteiger partial charge in [0.15, 0.2) is 0 Å². The molecule has 0 radical (unpaired) electrons. The summed E-state index contributed by atoms with van der Waals surface area (Å²) in [5, 5.41) is 4.01. The second-order valence-electron chi connectivity index (χ2n) is 5.48. The standard InChI is InChI=1S/C19H18N2O.ClH/c1-12-8-4-6-10-16(12)21-19(22)18-13(2)15-9-5-7-11-17(15)20-14(18)3;/h4-11H,1-3H3,(H,21,22);1H. The van der Waals surface area contributed by atoms with Crippen molar-refractivity contribution in [1.29, 1.82) is 0 Å². The first-order valence-corrected chi connectivity index (χ1v) is 7.31. The van der Waals surface area contributed by atoms with Gasteiger partial charge in [0.25, 0.3) is 5.91 Å². The molecule has 3 aromatic rings. The van der Waals surface area contributed by atoms with Crippen LogP contribution in [0.25, 0.3) is 10.9 Å². The number of hydrogen-bond donors (Lipinski definition) is 1. The number of pyridine rings is 1. The third kappa shape index (κ3) is 3.20. The Morgan fingerprint density at radius 2 is 1.61 bits per heavy atom. The molecule has 23 heavy (non-hydrogen) atoms. The minimum Gasteiger partial charge on any atom is -0.322 e. The van der Waals surface area contributed by atoms with Gasteiger partial charge in [0, 0.05) is 11.1 Å². The average Bonchev–Trinajstić information content (AvgIpc) is 2.49. The fraction of sp³-hybridized carbons (Fsp3) is 0.158. The Bertz CT molecular complexity index is 874. The summed E-state index contributed by atoms with van der Waals surface area (Å²) in [6.07, 6.45) is 0. The van der Waals surface area contributed by atoms with Gasteiger partial charge in [0.05, 0.1) is 16.8 Å². The summed E-state index contributed by atoms with van der Waals surface area (Å²) in [6.45, 7) is 5.84. The molecular formula is C19H19ClN2O. The monoisotopic (exact) mass is 326 g/mol. The molecule has 0 atom stereocenters. The number of nitrogens with one attached hydrogen (secondary N) is 1. The van der Waals surface area contributed by atoms with Crippen molar-refractivity contribution in [3.63, 3.8) is 0 Å². The fourth-order valence-electron chi connectivity index (χ4n) is 2.76. The lowest BCUT2D eigenvalue weighted by Crippen LogP contribution is -2.16. The maximum atomic E-state index is 12.7. The second kappa shape index (κ2) is 6.80. The molecule has 0 saturated heterocycles. The van der Waals surface area contributed by atoms with E-state index < -0.39 is 0 Å². The molecule has 0 aliphatic heterocycles. The van der Waals surface area contributed by atoms with Crippen molar-refractivity contribution < 1.29 is 4.79 Å². The lowest BCUT2D eigenvalue weighted by molar-refractivity contribution is 0.102. The third-order valence-electron chi connectivity index (χ3n) is 3.95. The molecule has 0 spiro atoms. The molecule has 0 unspecified atom stereocenters. The predicted octanol–water partition coefficient (Wildman–Crippen LogP) is 4.83. The van der Waals surface area contributed by atoms with Gasteiger partial charge in [-0.2, -0.15) is 0 Å². The molecular weight excluding hydrogens is 308 g/mol. The Kier molecular flexibility index (Phi) is 5.02. The molecule has 118 valence electrons. The van der Waals surface area contributed by atoms with E-state index in [9.17, 15) is 4.79 Å². The molecule has 0 aliphatic rings. The summed E-state index contributed by atoms with van der Waals surface area (Å²) < 4.78 is 0. The van der Waals surface area contributed by atoms with Crippen LogP contribution in [0, 0.1) is 20.8 Å². The van der Waals surface area contributed by atoms with Crippen LogP contribution in [0.1, 0.15) is 27.2 Å². The fourth-order valence-corrected chi connectivity index (χ4v) is 2.76. The van der Waals surface area contributed by atoms with Crippen LogP contribution >= 0.6 is 12.4 Å². The minimum atomic E-state index is -0.109. The Labute approximate surface area is 142 Å². The predicted molar refractivity (Wildman–Crippen MR) is 97.6 cm³/mol. The zero-order chi connectivity index (χ0) is 15.7. The number of fused-ring (bicyclic) bond motifs is 1. The van der Waals surface area contributed by atoms with E-state index >= 15 is 0 Å². The normalized spacial score (nSPS) is 10.2. The number of aryl methyl sites for hydroxylation is 3. The van der Waals surface area contributed by atoms with Crippen molar-refractivity contribution in [2.24, 2.45) is 0 Å². The highest BCUT2D eigenvalue weighted by atomic mass is 35.5. The number of nitrogens with zero attached hydrogens (tertiary/aromatic N) is 1. The first-order chi connectivity index (χ1) is 10.6. The molecule has 4 heteroatoms. The third-order valence-corrected chi connectivity index (χ3v) is 3.95. The molecule has 1 N–H and O–H groups in total. The van der Waals surface area contributed by atoms with E-state index in [1.54, 1.807) is 0 Å². The number of amides is 1. The van der Waals surface area contributed by atoms with Crippen molar-refractivity contribution in [3.05, 3.63) is 70.9 Å². The molecule has 0 saturated carbocycles. The SMILES string of the molecule is Cc1ccccc1NC(=O)c1c(C)nc2ccccc2c1C.Cl. The molecule has 1 heterocycles. The Morgan fingerprint density at radius 3 is 2.35 bits per heavy atom. The first-order valence-electron chi connectivity index (χ1n) is 7.31. The lowest BCUT2D eigenvalue weighted by Gasteiger charge is -2.13. The van der Waals surface area contributed by atoms with Crippen molar-refractivity contribution in [3.8, 4) is 0 Å². The van der Waals surface area contributed by atoms with Crippen LogP contribution in [0.5, 0.6) is 0 Å². The quantitative estimate of drug-likeness (QED) is 0.732. The summed E-state index contributed by atoms with van der Waals surface area (Å²) in [5.41, 5.74) is 5.17. The topological polar surface area (TPSA) is 42.0 Å². The number of anilines is 1. The van der Waals surface area contributed by atoms with E-state index in [1.165, 1.54) is 0 Å². The zero-order valence-electron chi connectivity index (χ0n) is 13.4. The van der Waals surface area contributed by atoms with Crippen LogP contribution in [0.3, 0.4) is 0 Å². The molecule has 0 bridgehead atoms. The smallest absolute Gasteiger partial charge is 0.257 e.